The van der Waals surface area contributed by atoms with Crippen LogP contribution in [0.5, 0.6) is 0 Å². The zero-order chi connectivity index (χ0) is 13.6. The molecule has 4 N–H and O–H groups in total. The van der Waals surface area contributed by atoms with Crippen molar-refractivity contribution >= 4 is 5.91 Å². The molecule has 0 spiro atoms. The van der Waals surface area contributed by atoms with E-state index >= 15 is 0 Å². The third kappa shape index (κ3) is 4.13. The van der Waals surface area contributed by atoms with Gasteiger partial charge in [-0.2, -0.15) is 0 Å². The van der Waals surface area contributed by atoms with Crippen LogP contribution in [0, 0.1) is 0 Å². The summed E-state index contributed by atoms with van der Waals surface area (Å²) in [6.07, 6.45) is 1.47. The van der Waals surface area contributed by atoms with Gasteiger partial charge in [0.1, 0.15) is 0 Å². The van der Waals surface area contributed by atoms with Gasteiger partial charge < -0.3 is 16.2 Å². The van der Waals surface area contributed by atoms with Crippen LogP contribution in [0.2, 0.25) is 0 Å². The average molecular weight is 250 g/mol. The summed E-state index contributed by atoms with van der Waals surface area (Å²) in [6, 6.07) is 7.16. The van der Waals surface area contributed by atoms with E-state index in [-0.39, 0.29) is 0 Å². The number of carbonyl (C=O) groups excluding carboxylic acids is 1. The maximum atomic E-state index is 10.9. The Morgan fingerprint density at radius 3 is 2.28 bits per heavy atom. The largest absolute Gasteiger partial charge is 0.389 e. The zero-order valence-electron chi connectivity index (χ0n) is 11.1. The Labute approximate surface area is 108 Å². The van der Waals surface area contributed by atoms with Crippen molar-refractivity contribution in [2.75, 3.05) is 6.54 Å². The maximum Gasteiger partial charge on any atom is 0.248 e. The molecular weight excluding hydrogens is 228 g/mol. The Morgan fingerprint density at radius 2 is 1.83 bits per heavy atom. The van der Waals surface area contributed by atoms with Crippen LogP contribution in [0.3, 0.4) is 0 Å². The van der Waals surface area contributed by atoms with Gasteiger partial charge in [-0.25, -0.2) is 0 Å². The molecule has 0 fully saturated rings. The van der Waals surface area contributed by atoms with Crippen molar-refractivity contribution in [2.45, 2.75) is 38.8 Å². The monoisotopic (exact) mass is 250 g/mol. The summed E-state index contributed by atoms with van der Waals surface area (Å²) >= 11 is 0. The minimum Gasteiger partial charge on any atom is -0.389 e. The van der Waals surface area contributed by atoms with E-state index in [2.05, 4.69) is 5.32 Å². The molecule has 0 unspecified atom stereocenters. The first-order valence-corrected chi connectivity index (χ1v) is 6.32. The molecule has 0 saturated heterocycles. The molecule has 0 heterocycles. The number of hydrogen-bond acceptors (Lipinski definition) is 3. The Balaban J connectivity index is 2.47. The molecule has 0 aliphatic carbocycles. The molecule has 4 heteroatoms. The van der Waals surface area contributed by atoms with Crippen molar-refractivity contribution < 1.29 is 9.90 Å². The van der Waals surface area contributed by atoms with Gasteiger partial charge in [-0.05, 0) is 30.5 Å². The van der Waals surface area contributed by atoms with Crippen molar-refractivity contribution in [1.82, 2.24) is 5.32 Å². The highest BCUT2D eigenvalue weighted by Gasteiger charge is 2.20. The fraction of sp³-hybridized carbons (Fsp3) is 0.500. The lowest BCUT2D eigenvalue weighted by atomic mass is 9.97. The summed E-state index contributed by atoms with van der Waals surface area (Å²) in [6.45, 7) is 5.19. The molecule has 0 aliphatic rings. The van der Waals surface area contributed by atoms with Crippen LogP contribution < -0.4 is 11.1 Å². The Bertz CT molecular complexity index is 383. The predicted octanol–water partition coefficient (Wildman–Crippen LogP) is 1.43. The molecule has 0 bridgehead atoms. The van der Waals surface area contributed by atoms with Crippen LogP contribution in [-0.4, -0.2) is 23.2 Å². The second kappa shape index (κ2) is 6.52. The summed E-state index contributed by atoms with van der Waals surface area (Å²) in [4.78, 5) is 10.9. The summed E-state index contributed by atoms with van der Waals surface area (Å²) < 4.78 is 0. The smallest absolute Gasteiger partial charge is 0.248 e. The summed E-state index contributed by atoms with van der Waals surface area (Å²) in [5.74, 6) is -0.416. The SMILES string of the molecule is CCC(O)(CC)CNCc1ccc(C(N)=O)cc1. The zero-order valence-corrected chi connectivity index (χ0v) is 11.1. The van der Waals surface area contributed by atoms with Crippen molar-refractivity contribution in [3.63, 3.8) is 0 Å². The molecule has 0 atom stereocenters. The molecule has 1 aromatic rings. The van der Waals surface area contributed by atoms with E-state index in [4.69, 9.17) is 5.73 Å². The third-order valence-corrected chi connectivity index (χ3v) is 3.34. The lowest BCUT2D eigenvalue weighted by molar-refractivity contribution is 0.0323. The lowest BCUT2D eigenvalue weighted by Gasteiger charge is -2.25. The molecule has 100 valence electrons. The van der Waals surface area contributed by atoms with Gasteiger partial charge >= 0.3 is 0 Å². The number of rotatable bonds is 7. The van der Waals surface area contributed by atoms with E-state index in [0.29, 0.717) is 18.7 Å². The fourth-order valence-electron chi connectivity index (χ4n) is 1.73. The predicted molar refractivity (Wildman–Crippen MR) is 72.2 cm³/mol. The number of nitrogens with one attached hydrogen (secondary N) is 1. The van der Waals surface area contributed by atoms with Crippen LogP contribution in [-0.2, 0) is 6.54 Å². The minimum atomic E-state index is -0.632. The van der Waals surface area contributed by atoms with E-state index in [9.17, 15) is 9.90 Å². The normalized spacial score (nSPS) is 11.5. The summed E-state index contributed by atoms with van der Waals surface area (Å²) in [5, 5.41) is 13.3. The molecule has 0 aromatic heterocycles. The van der Waals surface area contributed by atoms with E-state index in [1.165, 1.54) is 0 Å². The number of nitrogens with two attached hydrogens (primary N) is 1. The molecule has 1 amide bonds. The van der Waals surface area contributed by atoms with Gasteiger partial charge in [-0.3, -0.25) is 4.79 Å². The van der Waals surface area contributed by atoms with Crippen LogP contribution in [0.15, 0.2) is 24.3 Å². The number of benzene rings is 1. The second-order valence-corrected chi connectivity index (χ2v) is 4.60. The molecule has 0 radical (unpaired) electrons. The Morgan fingerprint density at radius 1 is 1.28 bits per heavy atom. The third-order valence-electron chi connectivity index (χ3n) is 3.34. The van der Waals surface area contributed by atoms with Gasteiger partial charge in [0, 0.05) is 18.7 Å². The van der Waals surface area contributed by atoms with Crippen molar-refractivity contribution in [1.29, 1.82) is 0 Å². The lowest BCUT2D eigenvalue weighted by Crippen LogP contribution is -2.39. The molecule has 1 rings (SSSR count). The van der Waals surface area contributed by atoms with Crippen molar-refractivity contribution in [2.24, 2.45) is 5.73 Å². The van der Waals surface area contributed by atoms with Crippen molar-refractivity contribution in [3.8, 4) is 0 Å². The minimum absolute atomic E-state index is 0.416. The number of carbonyl (C=O) groups is 1. The van der Waals surface area contributed by atoms with E-state index in [1.54, 1.807) is 12.1 Å². The first kappa shape index (κ1) is 14.7. The first-order chi connectivity index (χ1) is 8.50. The quantitative estimate of drug-likeness (QED) is 0.685. The molecule has 4 nitrogen and oxygen atoms in total. The second-order valence-electron chi connectivity index (χ2n) is 4.60. The summed E-state index contributed by atoms with van der Waals surface area (Å²) in [5.41, 5.74) is 6.11. The average Bonchev–Trinajstić information content (AvgIpc) is 2.39. The molecule has 1 aromatic carbocycles. The van der Waals surface area contributed by atoms with Gasteiger partial charge in [0.05, 0.1) is 5.60 Å². The van der Waals surface area contributed by atoms with Gasteiger partial charge in [-0.15, -0.1) is 0 Å². The fourth-order valence-corrected chi connectivity index (χ4v) is 1.73. The van der Waals surface area contributed by atoms with Crippen molar-refractivity contribution in [3.05, 3.63) is 35.4 Å². The van der Waals surface area contributed by atoms with E-state index < -0.39 is 11.5 Å². The number of amides is 1. The maximum absolute atomic E-state index is 10.9. The number of hydrogen-bond donors (Lipinski definition) is 3. The van der Waals surface area contributed by atoms with Gasteiger partial charge in [-0.1, -0.05) is 26.0 Å². The van der Waals surface area contributed by atoms with Crippen LogP contribution in [0.4, 0.5) is 0 Å². The van der Waals surface area contributed by atoms with Gasteiger partial charge in [0.25, 0.3) is 0 Å². The molecular formula is C14H22N2O2. The van der Waals surface area contributed by atoms with E-state index in [0.717, 1.165) is 18.4 Å². The van der Waals surface area contributed by atoms with Crippen LogP contribution in [0.1, 0.15) is 42.6 Å². The molecule has 0 saturated carbocycles. The molecule has 18 heavy (non-hydrogen) atoms. The number of primary amides is 1. The topological polar surface area (TPSA) is 75.3 Å². The first-order valence-electron chi connectivity index (χ1n) is 6.32. The molecule has 0 aliphatic heterocycles. The highest BCUT2D eigenvalue weighted by atomic mass is 16.3. The highest BCUT2D eigenvalue weighted by Crippen LogP contribution is 2.13. The summed E-state index contributed by atoms with van der Waals surface area (Å²) in [7, 11) is 0. The number of aliphatic hydroxyl groups is 1. The van der Waals surface area contributed by atoms with Crippen LogP contribution >= 0.6 is 0 Å². The van der Waals surface area contributed by atoms with Crippen LogP contribution in [0.25, 0.3) is 0 Å². The highest BCUT2D eigenvalue weighted by molar-refractivity contribution is 5.92. The van der Waals surface area contributed by atoms with E-state index in [1.807, 2.05) is 26.0 Å². The standard InChI is InChI=1S/C14H22N2O2/c1-3-14(18,4-2)10-16-9-11-5-7-12(8-6-11)13(15)17/h5-8,16,18H,3-4,9-10H2,1-2H3,(H2,15,17). The Hall–Kier alpha value is -1.39. The Kier molecular flexibility index (Phi) is 5.31. The van der Waals surface area contributed by atoms with Gasteiger partial charge in [0.15, 0.2) is 0 Å². The van der Waals surface area contributed by atoms with Gasteiger partial charge in [0.2, 0.25) is 5.91 Å².